The molecule has 0 saturated heterocycles. The lowest BCUT2D eigenvalue weighted by Gasteiger charge is -2.18. The number of amides is 2. The molecule has 1 aliphatic carbocycles. The van der Waals surface area contributed by atoms with Gasteiger partial charge in [0.1, 0.15) is 18.1 Å². The molecule has 0 heterocycles. The first kappa shape index (κ1) is 18.1. The van der Waals surface area contributed by atoms with Gasteiger partial charge in [0.15, 0.2) is 0 Å². The molecule has 1 N–H and O–H groups in total. The predicted octanol–water partition coefficient (Wildman–Crippen LogP) is 4.55. The average Bonchev–Trinajstić information content (AvgIpc) is 3.17. The second-order valence-electron chi connectivity index (χ2n) is 6.56. The van der Waals surface area contributed by atoms with Crippen LogP contribution >= 0.6 is 0 Å². The largest absolute Gasteiger partial charge is 0.492 e. The van der Waals surface area contributed by atoms with E-state index in [-0.39, 0.29) is 6.03 Å². The van der Waals surface area contributed by atoms with Crippen LogP contribution in [0.25, 0.3) is 0 Å². The Balaban J connectivity index is 1.41. The van der Waals surface area contributed by atoms with Gasteiger partial charge in [-0.2, -0.15) is 0 Å². The van der Waals surface area contributed by atoms with Gasteiger partial charge in [0, 0.05) is 12.7 Å². The molecule has 2 amide bonds. The third-order valence-corrected chi connectivity index (χ3v) is 4.50. The molecular formula is C21H26N2O3. The summed E-state index contributed by atoms with van der Waals surface area (Å²) in [5.41, 5.74) is 0.754. The van der Waals surface area contributed by atoms with E-state index in [4.69, 9.17) is 9.47 Å². The van der Waals surface area contributed by atoms with E-state index in [0.29, 0.717) is 19.3 Å². The maximum absolute atomic E-state index is 12.2. The van der Waals surface area contributed by atoms with Crippen molar-refractivity contribution in [2.75, 3.05) is 25.5 Å². The Labute approximate surface area is 154 Å². The third kappa shape index (κ3) is 5.41. The number of urea groups is 1. The first-order valence-corrected chi connectivity index (χ1v) is 9.17. The molecule has 1 saturated carbocycles. The molecule has 26 heavy (non-hydrogen) atoms. The van der Waals surface area contributed by atoms with Crippen molar-refractivity contribution in [1.82, 2.24) is 4.90 Å². The summed E-state index contributed by atoms with van der Waals surface area (Å²) in [5.74, 6) is 1.67. The van der Waals surface area contributed by atoms with Gasteiger partial charge in [0.2, 0.25) is 0 Å². The van der Waals surface area contributed by atoms with Gasteiger partial charge in [-0.15, -0.1) is 0 Å². The third-order valence-electron chi connectivity index (χ3n) is 4.50. The van der Waals surface area contributed by atoms with Gasteiger partial charge in [0.25, 0.3) is 0 Å². The number of likely N-dealkylation sites (N-methyl/N-ethyl adjacent to an activating group) is 1. The summed E-state index contributed by atoms with van der Waals surface area (Å²) in [4.78, 5) is 13.8. The van der Waals surface area contributed by atoms with Crippen LogP contribution in [0.5, 0.6) is 11.5 Å². The van der Waals surface area contributed by atoms with E-state index in [0.717, 1.165) is 30.0 Å². The first-order chi connectivity index (χ1) is 12.7. The van der Waals surface area contributed by atoms with E-state index in [2.05, 4.69) is 5.32 Å². The van der Waals surface area contributed by atoms with E-state index >= 15 is 0 Å². The van der Waals surface area contributed by atoms with Crippen LogP contribution in [0.4, 0.5) is 10.5 Å². The molecule has 2 aromatic rings. The molecule has 0 unspecified atom stereocenters. The van der Waals surface area contributed by atoms with E-state index in [1.807, 2.05) is 54.6 Å². The van der Waals surface area contributed by atoms with Crippen LogP contribution < -0.4 is 14.8 Å². The van der Waals surface area contributed by atoms with E-state index in [1.54, 1.807) is 11.9 Å². The molecule has 0 bridgehead atoms. The molecule has 2 aromatic carbocycles. The van der Waals surface area contributed by atoms with Gasteiger partial charge in [-0.25, -0.2) is 4.79 Å². The molecule has 3 rings (SSSR count). The fourth-order valence-corrected chi connectivity index (χ4v) is 2.95. The second-order valence-corrected chi connectivity index (χ2v) is 6.56. The van der Waals surface area contributed by atoms with Crippen molar-refractivity contribution in [2.45, 2.75) is 31.8 Å². The van der Waals surface area contributed by atoms with Crippen molar-refractivity contribution in [1.29, 1.82) is 0 Å². The van der Waals surface area contributed by atoms with E-state index in [1.165, 1.54) is 12.8 Å². The Hall–Kier alpha value is -2.69. The van der Waals surface area contributed by atoms with Crippen LogP contribution in [-0.4, -0.2) is 37.2 Å². The van der Waals surface area contributed by atoms with Gasteiger partial charge in [0.05, 0.1) is 12.6 Å². The van der Waals surface area contributed by atoms with Crippen molar-refractivity contribution in [2.24, 2.45) is 0 Å². The van der Waals surface area contributed by atoms with Gasteiger partial charge >= 0.3 is 6.03 Å². The molecule has 0 aliphatic heterocycles. The maximum Gasteiger partial charge on any atom is 0.321 e. The standard InChI is InChI=1S/C21H26N2O3/c1-23(15-16-25-18-7-3-2-4-8-18)21(24)22-17-11-13-20(14-12-17)26-19-9-5-6-10-19/h2-4,7-8,11-14,19H,5-6,9-10,15-16H2,1H3,(H,22,24). The van der Waals surface area contributed by atoms with Gasteiger partial charge < -0.3 is 19.7 Å². The molecular weight excluding hydrogens is 328 g/mol. The Morgan fingerprint density at radius 3 is 2.42 bits per heavy atom. The number of nitrogens with one attached hydrogen (secondary N) is 1. The zero-order valence-corrected chi connectivity index (χ0v) is 15.2. The van der Waals surface area contributed by atoms with Crippen LogP contribution in [0.15, 0.2) is 54.6 Å². The molecule has 0 spiro atoms. The number of ether oxygens (including phenoxy) is 2. The molecule has 0 aromatic heterocycles. The van der Waals surface area contributed by atoms with Crippen molar-refractivity contribution in [3.63, 3.8) is 0 Å². The summed E-state index contributed by atoms with van der Waals surface area (Å²) >= 11 is 0. The fraction of sp³-hybridized carbons (Fsp3) is 0.381. The van der Waals surface area contributed by atoms with Gasteiger partial charge in [-0.3, -0.25) is 0 Å². The van der Waals surface area contributed by atoms with Gasteiger partial charge in [-0.1, -0.05) is 18.2 Å². The fourth-order valence-electron chi connectivity index (χ4n) is 2.95. The second kappa shape index (κ2) is 9.13. The van der Waals surface area contributed by atoms with Crippen LogP contribution in [0, 0.1) is 0 Å². The zero-order chi connectivity index (χ0) is 18.2. The first-order valence-electron chi connectivity index (χ1n) is 9.17. The van der Waals surface area contributed by atoms with Crippen molar-refractivity contribution < 1.29 is 14.3 Å². The number of nitrogens with zero attached hydrogens (tertiary/aromatic N) is 1. The lowest BCUT2D eigenvalue weighted by Crippen LogP contribution is -2.34. The summed E-state index contributed by atoms with van der Waals surface area (Å²) in [6.07, 6.45) is 5.10. The number of rotatable bonds is 7. The van der Waals surface area contributed by atoms with E-state index < -0.39 is 0 Å². The molecule has 5 heteroatoms. The summed E-state index contributed by atoms with van der Waals surface area (Å²) in [6.45, 7) is 0.950. The van der Waals surface area contributed by atoms with Crippen LogP contribution in [0.2, 0.25) is 0 Å². The monoisotopic (exact) mass is 354 g/mol. The predicted molar refractivity (Wildman–Crippen MR) is 103 cm³/mol. The number of hydrogen-bond acceptors (Lipinski definition) is 3. The highest BCUT2D eigenvalue weighted by Gasteiger charge is 2.16. The number of para-hydroxylation sites is 1. The minimum absolute atomic E-state index is 0.161. The Kier molecular flexibility index (Phi) is 6.36. The highest BCUT2D eigenvalue weighted by Crippen LogP contribution is 2.25. The highest BCUT2D eigenvalue weighted by molar-refractivity contribution is 5.89. The number of carbonyl (C=O) groups excluding carboxylic acids is 1. The molecule has 1 aliphatic rings. The van der Waals surface area contributed by atoms with Crippen molar-refractivity contribution in [3.05, 3.63) is 54.6 Å². The smallest absolute Gasteiger partial charge is 0.321 e. The molecule has 0 radical (unpaired) electrons. The van der Waals surface area contributed by atoms with Gasteiger partial charge in [-0.05, 0) is 62.1 Å². The number of carbonyl (C=O) groups is 1. The Bertz CT molecular complexity index is 682. The topological polar surface area (TPSA) is 50.8 Å². The molecule has 0 atom stereocenters. The summed E-state index contributed by atoms with van der Waals surface area (Å²) in [5, 5.41) is 2.89. The average molecular weight is 354 g/mol. The quantitative estimate of drug-likeness (QED) is 0.793. The number of hydrogen-bond donors (Lipinski definition) is 1. The molecule has 1 fully saturated rings. The molecule has 5 nitrogen and oxygen atoms in total. The SMILES string of the molecule is CN(CCOc1ccccc1)C(=O)Nc1ccc(OC2CCCC2)cc1. The summed E-state index contributed by atoms with van der Waals surface area (Å²) < 4.78 is 11.6. The number of benzene rings is 2. The maximum atomic E-state index is 12.2. The molecule has 138 valence electrons. The minimum Gasteiger partial charge on any atom is -0.492 e. The zero-order valence-electron chi connectivity index (χ0n) is 15.2. The van der Waals surface area contributed by atoms with Crippen molar-refractivity contribution >= 4 is 11.7 Å². The lowest BCUT2D eigenvalue weighted by molar-refractivity contribution is 0.207. The minimum atomic E-state index is -0.161. The van der Waals surface area contributed by atoms with Crippen LogP contribution in [0.1, 0.15) is 25.7 Å². The highest BCUT2D eigenvalue weighted by atomic mass is 16.5. The summed E-state index contributed by atoms with van der Waals surface area (Å²) in [7, 11) is 1.75. The van der Waals surface area contributed by atoms with Crippen LogP contribution in [0.3, 0.4) is 0 Å². The number of anilines is 1. The summed E-state index contributed by atoms with van der Waals surface area (Å²) in [6, 6.07) is 17.0. The normalized spacial score (nSPS) is 14.0. The van der Waals surface area contributed by atoms with E-state index in [9.17, 15) is 4.79 Å². The lowest BCUT2D eigenvalue weighted by atomic mass is 10.3. The Morgan fingerprint density at radius 2 is 1.73 bits per heavy atom. The van der Waals surface area contributed by atoms with Crippen LogP contribution in [-0.2, 0) is 0 Å². The van der Waals surface area contributed by atoms with Crippen molar-refractivity contribution in [3.8, 4) is 11.5 Å². The Morgan fingerprint density at radius 1 is 1.04 bits per heavy atom.